The van der Waals surface area contributed by atoms with E-state index in [1.54, 1.807) is 0 Å². The Hall–Kier alpha value is -2.06. The average Bonchev–Trinajstić information content (AvgIpc) is 2.35. The van der Waals surface area contributed by atoms with Crippen LogP contribution in [0.1, 0.15) is 24.1 Å². The second-order valence-corrected chi connectivity index (χ2v) is 3.96. The van der Waals surface area contributed by atoms with Gasteiger partial charge in [0.15, 0.2) is 0 Å². The van der Waals surface area contributed by atoms with Crippen LogP contribution in [0, 0.1) is 0 Å². The van der Waals surface area contributed by atoms with Crippen molar-refractivity contribution >= 4 is 10.9 Å². The maximum Gasteiger partial charge on any atom is 0.573 e. The topological polar surface area (TPSA) is 22.1 Å². The Kier molecular flexibility index (Phi) is 3.93. The number of pyridine rings is 1. The van der Waals surface area contributed by atoms with Gasteiger partial charge in [-0.3, -0.25) is 0 Å². The molecule has 0 spiro atoms. The largest absolute Gasteiger partial charge is 0.573 e. The van der Waals surface area contributed by atoms with Crippen molar-refractivity contribution in [2.75, 3.05) is 0 Å². The highest BCUT2D eigenvalue weighted by molar-refractivity contribution is 5.84. The van der Waals surface area contributed by atoms with Gasteiger partial charge in [0.1, 0.15) is 11.4 Å². The number of nitrogens with zero attached hydrogens (tertiary/aromatic N) is 1. The number of fused-ring (bicyclic) bond motifs is 1. The van der Waals surface area contributed by atoms with E-state index in [9.17, 15) is 30.7 Å². The van der Waals surface area contributed by atoms with E-state index in [4.69, 9.17) is 0 Å². The van der Waals surface area contributed by atoms with Gasteiger partial charge in [-0.1, -0.05) is 0 Å². The summed E-state index contributed by atoms with van der Waals surface area (Å²) >= 11 is 0. The van der Waals surface area contributed by atoms with E-state index in [-0.39, 0.29) is 10.9 Å². The van der Waals surface area contributed by atoms with Crippen LogP contribution in [0.2, 0.25) is 0 Å². The lowest BCUT2D eigenvalue weighted by atomic mass is 10.1. The van der Waals surface area contributed by atoms with E-state index in [2.05, 4.69) is 9.72 Å². The van der Waals surface area contributed by atoms with Gasteiger partial charge in [0.25, 0.3) is 12.9 Å². The normalized spacial score (nSPS) is 12.4. The molecule has 0 saturated heterocycles. The third-order valence-electron chi connectivity index (χ3n) is 2.52. The number of alkyl halides is 7. The minimum absolute atomic E-state index is 0.266. The van der Waals surface area contributed by atoms with Gasteiger partial charge in [-0.2, -0.15) is 0 Å². The van der Waals surface area contributed by atoms with Gasteiger partial charge in [0, 0.05) is 10.9 Å². The van der Waals surface area contributed by atoms with Crippen LogP contribution in [-0.4, -0.2) is 11.3 Å². The summed E-state index contributed by atoms with van der Waals surface area (Å²) in [6.45, 7) is 0. The SMILES string of the molecule is FC(F)c1cc(C(F)F)c2cc(OC(F)(F)F)ccc2n1. The van der Waals surface area contributed by atoms with Gasteiger partial charge >= 0.3 is 6.36 Å². The Morgan fingerprint density at radius 3 is 2.14 bits per heavy atom. The Morgan fingerprint density at radius 1 is 0.952 bits per heavy atom. The third kappa shape index (κ3) is 3.53. The average molecular weight is 313 g/mol. The molecule has 2 rings (SSSR count). The van der Waals surface area contributed by atoms with Crippen LogP contribution in [-0.2, 0) is 0 Å². The molecule has 114 valence electrons. The molecule has 9 heteroatoms. The highest BCUT2D eigenvalue weighted by Crippen LogP contribution is 2.33. The second kappa shape index (κ2) is 5.38. The van der Waals surface area contributed by atoms with Gasteiger partial charge in [-0.25, -0.2) is 22.5 Å². The molecule has 0 fully saturated rings. The fourth-order valence-corrected chi connectivity index (χ4v) is 1.74. The zero-order valence-electron chi connectivity index (χ0n) is 9.97. The number of aromatic nitrogens is 1. The van der Waals surface area contributed by atoms with Gasteiger partial charge in [0.2, 0.25) is 0 Å². The number of hydrogen-bond acceptors (Lipinski definition) is 2. The standard InChI is InChI=1S/C12H6F7NO/c13-10(14)7-4-9(11(15)16)20-8-2-1-5(3-6(7)8)21-12(17,18)19/h1-4,10-11H. The van der Waals surface area contributed by atoms with Gasteiger partial charge < -0.3 is 4.74 Å². The minimum Gasteiger partial charge on any atom is -0.406 e. The molecule has 1 aromatic heterocycles. The number of ether oxygens (including phenoxy) is 1. The second-order valence-electron chi connectivity index (χ2n) is 3.96. The highest BCUT2D eigenvalue weighted by atomic mass is 19.4. The molecule has 0 amide bonds. The molecule has 0 aliphatic carbocycles. The van der Waals surface area contributed by atoms with Crippen molar-refractivity contribution in [3.05, 3.63) is 35.5 Å². The van der Waals surface area contributed by atoms with Crippen LogP contribution >= 0.6 is 0 Å². The van der Waals surface area contributed by atoms with Crippen LogP contribution < -0.4 is 4.74 Å². The molecular weight excluding hydrogens is 307 g/mol. The van der Waals surface area contributed by atoms with E-state index in [1.807, 2.05) is 0 Å². The Bertz CT molecular complexity index is 654. The predicted molar refractivity (Wildman–Crippen MR) is 58.3 cm³/mol. The molecule has 0 aliphatic heterocycles. The van der Waals surface area contributed by atoms with E-state index in [1.165, 1.54) is 0 Å². The molecule has 1 heterocycles. The summed E-state index contributed by atoms with van der Waals surface area (Å²) in [4.78, 5) is 3.44. The van der Waals surface area contributed by atoms with Crippen molar-refractivity contribution in [1.29, 1.82) is 0 Å². The van der Waals surface area contributed by atoms with E-state index >= 15 is 0 Å². The molecule has 1 aromatic carbocycles. The van der Waals surface area contributed by atoms with E-state index in [0.29, 0.717) is 12.1 Å². The molecule has 0 N–H and O–H groups in total. The lowest BCUT2D eigenvalue weighted by Gasteiger charge is -2.12. The zero-order valence-corrected chi connectivity index (χ0v) is 9.97. The van der Waals surface area contributed by atoms with Crippen LogP contribution in [0.3, 0.4) is 0 Å². The first-order chi connectivity index (χ1) is 9.67. The van der Waals surface area contributed by atoms with Crippen molar-refractivity contribution in [3.8, 4) is 5.75 Å². The first-order valence-corrected chi connectivity index (χ1v) is 5.44. The first-order valence-electron chi connectivity index (χ1n) is 5.44. The maximum atomic E-state index is 12.9. The fourth-order valence-electron chi connectivity index (χ4n) is 1.74. The monoisotopic (exact) mass is 313 g/mol. The Balaban J connectivity index is 2.60. The van der Waals surface area contributed by atoms with E-state index in [0.717, 1.165) is 12.1 Å². The molecule has 0 saturated carbocycles. The summed E-state index contributed by atoms with van der Waals surface area (Å²) < 4.78 is 90.7. The smallest absolute Gasteiger partial charge is 0.406 e. The summed E-state index contributed by atoms with van der Waals surface area (Å²) in [7, 11) is 0. The van der Waals surface area contributed by atoms with Crippen molar-refractivity contribution in [3.63, 3.8) is 0 Å². The number of halogens is 7. The summed E-state index contributed by atoms with van der Waals surface area (Å²) in [6, 6.07) is 2.88. The lowest BCUT2D eigenvalue weighted by Crippen LogP contribution is -2.17. The quantitative estimate of drug-likeness (QED) is 0.743. The Labute approximate surface area is 113 Å². The van der Waals surface area contributed by atoms with Gasteiger partial charge in [-0.05, 0) is 24.3 Å². The molecule has 2 nitrogen and oxygen atoms in total. The van der Waals surface area contributed by atoms with Gasteiger partial charge in [0.05, 0.1) is 5.52 Å². The van der Waals surface area contributed by atoms with Crippen LogP contribution in [0.25, 0.3) is 10.9 Å². The maximum absolute atomic E-state index is 12.9. The molecule has 0 bridgehead atoms. The summed E-state index contributed by atoms with van der Waals surface area (Å²) in [5.41, 5.74) is -1.97. The molecule has 0 aliphatic rings. The lowest BCUT2D eigenvalue weighted by molar-refractivity contribution is -0.274. The predicted octanol–water partition coefficient (Wildman–Crippen LogP) is 5.01. The first kappa shape index (κ1) is 15.3. The summed E-state index contributed by atoms with van der Waals surface area (Å²) in [5.74, 6) is -0.733. The van der Waals surface area contributed by atoms with Crippen molar-refractivity contribution in [2.45, 2.75) is 19.2 Å². The Morgan fingerprint density at radius 2 is 1.62 bits per heavy atom. The third-order valence-corrected chi connectivity index (χ3v) is 2.52. The molecule has 0 radical (unpaired) electrons. The number of benzene rings is 1. The zero-order chi connectivity index (χ0) is 15.8. The molecule has 0 atom stereocenters. The van der Waals surface area contributed by atoms with E-state index < -0.39 is 36.2 Å². The molecule has 0 unspecified atom stereocenters. The van der Waals surface area contributed by atoms with Gasteiger partial charge in [-0.15, -0.1) is 13.2 Å². The van der Waals surface area contributed by atoms with Crippen molar-refractivity contribution < 1.29 is 35.5 Å². The minimum atomic E-state index is -4.99. The van der Waals surface area contributed by atoms with Crippen molar-refractivity contribution in [1.82, 2.24) is 4.98 Å². The molecular formula is C12H6F7NO. The number of hydrogen-bond donors (Lipinski definition) is 0. The fraction of sp³-hybridized carbons (Fsp3) is 0.250. The summed E-state index contributed by atoms with van der Waals surface area (Å²) in [5, 5.41) is -0.379. The number of rotatable bonds is 3. The van der Waals surface area contributed by atoms with Crippen LogP contribution in [0.15, 0.2) is 24.3 Å². The molecule has 21 heavy (non-hydrogen) atoms. The van der Waals surface area contributed by atoms with Crippen molar-refractivity contribution in [2.24, 2.45) is 0 Å². The van der Waals surface area contributed by atoms with Crippen LogP contribution in [0.4, 0.5) is 30.7 Å². The van der Waals surface area contributed by atoms with Crippen LogP contribution in [0.5, 0.6) is 5.75 Å². The highest BCUT2D eigenvalue weighted by Gasteiger charge is 2.31. The summed E-state index contributed by atoms with van der Waals surface area (Å²) in [6.07, 6.45) is -11.2. The molecule has 2 aromatic rings.